The molecular weight excluding hydrogens is 302 g/mol. The standard InChI is InChI=1S/C19H21N3O2/c1-3-21(12-15-7-5-4-6-8-15)13-16-18(19(23)24)20-17-11-14(2)9-10-22(16)17/h4-11H,3,12-13H2,1-2H3,(H,23,24). The first kappa shape index (κ1) is 16.2. The van der Waals surface area contributed by atoms with Crippen molar-refractivity contribution in [1.82, 2.24) is 9.38 Å². The number of carboxylic acid groups (broad SMARTS) is 1. The molecule has 124 valence electrons. The first-order chi connectivity index (χ1) is 11.6. The van der Waals surface area contributed by atoms with Crippen molar-refractivity contribution in [2.24, 2.45) is 0 Å². The summed E-state index contributed by atoms with van der Waals surface area (Å²) in [6, 6.07) is 14.1. The lowest BCUT2D eigenvalue weighted by atomic mass is 10.2. The van der Waals surface area contributed by atoms with E-state index in [0.29, 0.717) is 17.9 Å². The van der Waals surface area contributed by atoms with Crippen LogP contribution in [0.25, 0.3) is 5.65 Å². The van der Waals surface area contributed by atoms with Gasteiger partial charge in [0.2, 0.25) is 0 Å². The van der Waals surface area contributed by atoms with E-state index in [1.54, 1.807) is 0 Å². The monoisotopic (exact) mass is 323 g/mol. The van der Waals surface area contributed by atoms with Gasteiger partial charge in [0.25, 0.3) is 0 Å². The first-order valence-corrected chi connectivity index (χ1v) is 8.15. The van der Waals surface area contributed by atoms with Gasteiger partial charge in [-0.2, -0.15) is 0 Å². The van der Waals surface area contributed by atoms with E-state index in [2.05, 4.69) is 24.0 Å². The van der Waals surface area contributed by atoms with Crippen LogP contribution in [-0.4, -0.2) is 21.9 Å². The van der Waals surface area contributed by atoms with Crippen molar-refractivity contribution in [2.45, 2.75) is 26.9 Å². The molecule has 5 heteroatoms. The molecule has 0 amide bonds. The van der Waals surface area contributed by atoms with Crippen molar-refractivity contribution in [2.75, 3.05) is 6.54 Å². The number of rotatable bonds is 6. The molecule has 1 N–H and O–H groups in total. The van der Waals surface area contributed by atoms with Crippen molar-refractivity contribution >= 4 is 11.6 Å². The largest absolute Gasteiger partial charge is 0.543 e. The van der Waals surface area contributed by atoms with Crippen LogP contribution in [0.2, 0.25) is 0 Å². The second-order valence-electron chi connectivity index (χ2n) is 6.07. The maximum Gasteiger partial charge on any atom is 0.138 e. The van der Waals surface area contributed by atoms with Crippen LogP contribution >= 0.6 is 0 Å². The highest BCUT2D eigenvalue weighted by Gasteiger charge is 2.18. The molecule has 1 atom stereocenters. The number of imidazole rings is 1. The summed E-state index contributed by atoms with van der Waals surface area (Å²) < 4.78 is 1.86. The smallest absolute Gasteiger partial charge is 0.138 e. The van der Waals surface area contributed by atoms with E-state index < -0.39 is 5.97 Å². The predicted octanol–water partition coefficient (Wildman–Crippen LogP) is 0.611. The fraction of sp³-hybridized carbons (Fsp3) is 0.263. The number of hydrogen-bond acceptors (Lipinski definition) is 3. The second-order valence-corrected chi connectivity index (χ2v) is 6.07. The Morgan fingerprint density at radius 2 is 1.96 bits per heavy atom. The van der Waals surface area contributed by atoms with E-state index in [-0.39, 0.29) is 5.69 Å². The minimum absolute atomic E-state index is 0.0413. The van der Waals surface area contributed by atoms with E-state index >= 15 is 0 Å². The van der Waals surface area contributed by atoms with E-state index in [1.807, 2.05) is 47.9 Å². The molecule has 1 unspecified atom stereocenters. The third kappa shape index (κ3) is 3.31. The number of quaternary nitrogens is 1. The molecule has 0 saturated carbocycles. The number of hydrogen-bond donors (Lipinski definition) is 1. The highest BCUT2D eigenvalue weighted by atomic mass is 16.4. The van der Waals surface area contributed by atoms with Crippen LogP contribution in [0.1, 0.15) is 34.2 Å². The van der Waals surface area contributed by atoms with Crippen molar-refractivity contribution < 1.29 is 14.8 Å². The molecule has 24 heavy (non-hydrogen) atoms. The lowest BCUT2D eigenvalue weighted by molar-refractivity contribution is -0.926. The summed E-state index contributed by atoms with van der Waals surface area (Å²) in [5.74, 6) is -1.22. The molecule has 0 spiro atoms. The van der Waals surface area contributed by atoms with Gasteiger partial charge in [-0.1, -0.05) is 30.3 Å². The quantitative estimate of drug-likeness (QED) is 0.723. The fourth-order valence-corrected chi connectivity index (χ4v) is 2.96. The Kier molecular flexibility index (Phi) is 4.62. The Morgan fingerprint density at radius 3 is 2.62 bits per heavy atom. The summed E-state index contributed by atoms with van der Waals surface area (Å²) >= 11 is 0. The molecule has 0 saturated heterocycles. The van der Waals surface area contributed by atoms with Gasteiger partial charge in [-0.05, 0) is 31.5 Å². The highest BCUT2D eigenvalue weighted by molar-refractivity contribution is 5.86. The minimum atomic E-state index is -1.22. The zero-order valence-corrected chi connectivity index (χ0v) is 14.0. The summed E-state index contributed by atoms with van der Waals surface area (Å²) in [7, 11) is 0. The Hall–Kier alpha value is -2.66. The molecular formula is C19H21N3O2. The summed E-state index contributed by atoms with van der Waals surface area (Å²) in [6.45, 7) is 6.37. The summed E-state index contributed by atoms with van der Waals surface area (Å²) in [5.41, 5.74) is 3.67. The van der Waals surface area contributed by atoms with Crippen molar-refractivity contribution in [3.05, 3.63) is 71.2 Å². The molecule has 5 nitrogen and oxygen atoms in total. The number of fused-ring (bicyclic) bond motifs is 1. The molecule has 0 fully saturated rings. The fourth-order valence-electron chi connectivity index (χ4n) is 2.96. The number of carboxylic acids is 1. The van der Waals surface area contributed by atoms with Gasteiger partial charge in [0.15, 0.2) is 0 Å². The second kappa shape index (κ2) is 6.84. The SMILES string of the molecule is CC[NH+](Cc1ccccc1)Cc1c(C(=O)[O-])nc2cc(C)ccn12. The number of nitrogens with one attached hydrogen (secondary N) is 1. The molecule has 0 aliphatic carbocycles. The molecule has 0 bridgehead atoms. The number of carbonyl (C=O) groups is 1. The number of pyridine rings is 1. The third-order valence-corrected chi connectivity index (χ3v) is 4.29. The Bertz CT molecular complexity index is 856. The summed E-state index contributed by atoms with van der Waals surface area (Å²) in [6.07, 6.45) is 1.88. The molecule has 2 heterocycles. The number of benzene rings is 1. The number of aromatic nitrogens is 2. The normalized spacial score (nSPS) is 12.4. The van der Waals surface area contributed by atoms with Crippen LogP contribution in [0.3, 0.4) is 0 Å². The molecule has 3 aromatic rings. The number of aryl methyl sites for hydroxylation is 1. The van der Waals surface area contributed by atoms with Gasteiger partial charge in [0, 0.05) is 11.8 Å². The van der Waals surface area contributed by atoms with E-state index in [0.717, 1.165) is 18.7 Å². The lowest BCUT2D eigenvalue weighted by Gasteiger charge is -2.18. The number of carbonyl (C=O) groups excluding carboxylic acids is 1. The molecule has 0 aliphatic rings. The van der Waals surface area contributed by atoms with E-state index in [9.17, 15) is 9.90 Å². The van der Waals surface area contributed by atoms with Crippen LogP contribution in [0.4, 0.5) is 0 Å². The van der Waals surface area contributed by atoms with Crippen molar-refractivity contribution in [3.8, 4) is 0 Å². The molecule has 2 aromatic heterocycles. The molecule has 1 aromatic carbocycles. The summed E-state index contributed by atoms with van der Waals surface area (Å²) in [4.78, 5) is 17.0. The first-order valence-electron chi connectivity index (χ1n) is 8.15. The van der Waals surface area contributed by atoms with Crippen molar-refractivity contribution in [3.63, 3.8) is 0 Å². The maximum atomic E-state index is 11.5. The third-order valence-electron chi connectivity index (χ3n) is 4.29. The lowest BCUT2D eigenvalue weighted by Crippen LogP contribution is -3.09. The Morgan fingerprint density at radius 1 is 1.21 bits per heavy atom. The maximum absolute atomic E-state index is 11.5. The van der Waals surface area contributed by atoms with Crippen molar-refractivity contribution in [1.29, 1.82) is 0 Å². The molecule has 3 rings (SSSR count). The van der Waals surface area contributed by atoms with Gasteiger partial charge in [0.1, 0.15) is 30.1 Å². The highest BCUT2D eigenvalue weighted by Crippen LogP contribution is 2.13. The predicted molar refractivity (Wildman–Crippen MR) is 89.6 cm³/mol. The Labute approximate surface area is 141 Å². The summed E-state index contributed by atoms with van der Waals surface area (Å²) in [5, 5.41) is 11.5. The van der Waals surface area contributed by atoms with Crippen LogP contribution in [0.15, 0.2) is 48.7 Å². The van der Waals surface area contributed by atoms with E-state index in [4.69, 9.17) is 0 Å². The average molecular weight is 323 g/mol. The van der Waals surface area contributed by atoms with Gasteiger partial charge in [-0.3, -0.25) is 4.40 Å². The molecule has 0 radical (unpaired) electrons. The zero-order valence-electron chi connectivity index (χ0n) is 14.0. The van der Waals surface area contributed by atoms with Gasteiger partial charge < -0.3 is 14.8 Å². The number of nitrogens with zero attached hydrogens (tertiary/aromatic N) is 2. The van der Waals surface area contributed by atoms with Crippen LogP contribution in [0, 0.1) is 6.92 Å². The van der Waals surface area contributed by atoms with Crippen LogP contribution in [0.5, 0.6) is 0 Å². The minimum Gasteiger partial charge on any atom is -0.543 e. The van der Waals surface area contributed by atoms with Gasteiger partial charge in [-0.15, -0.1) is 0 Å². The van der Waals surface area contributed by atoms with Crippen LogP contribution < -0.4 is 10.0 Å². The van der Waals surface area contributed by atoms with Gasteiger partial charge in [0.05, 0.1) is 12.5 Å². The topological polar surface area (TPSA) is 61.9 Å². The van der Waals surface area contributed by atoms with E-state index in [1.165, 1.54) is 10.5 Å². The zero-order chi connectivity index (χ0) is 17.1. The number of aromatic carboxylic acids is 1. The van der Waals surface area contributed by atoms with Gasteiger partial charge in [-0.25, -0.2) is 4.98 Å². The van der Waals surface area contributed by atoms with Gasteiger partial charge >= 0.3 is 0 Å². The molecule has 0 aliphatic heterocycles. The average Bonchev–Trinajstić information content (AvgIpc) is 2.93. The Balaban J connectivity index is 1.95. The van der Waals surface area contributed by atoms with Crippen LogP contribution in [-0.2, 0) is 13.1 Å².